The lowest BCUT2D eigenvalue weighted by molar-refractivity contribution is -0.0689. The Morgan fingerprint density at radius 3 is 2.96 bits per heavy atom. The number of nitrogens with zero attached hydrogens (tertiary/aromatic N) is 3. The van der Waals surface area contributed by atoms with Crippen LogP contribution in [0, 0.1) is 5.41 Å². The molecule has 5 nitrogen and oxygen atoms in total. The number of likely N-dealkylation sites (tertiary alicyclic amines) is 1. The molecule has 2 atom stereocenters. The van der Waals surface area contributed by atoms with Crippen LogP contribution in [0.15, 0.2) is 48.9 Å². The topological polar surface area (TPSA) is 47.5 Å². The maximum absolute atomic E-state index is 6.08. The summed E-state index contributed by atoms with van der Waals surface area (Å²) in [6.45, 7) is 5.23. The van der Waals surface area contributed by atoms with E-state index in [-0.39, 0.29) is 5.41 Å². The van der Waals surface area contributed by atoms with Gasteiger partial charge in [0.1, 0.15) is 0 Å². The third-order valence-corrected chi connectivity index (χ3v) is 5.37. The second-order valence-corrected chi connectivity index (χ2v) is 7.14. The molecule has 4 heterocycles. The van der Waals surface area contributed by atoms with Crippen molar-refractivity contribution in [3.05, 3.63) is 60.2 Å². The fourth-order valence-electron chi connectivity index (χ4n) is 4.07. The average molecular weight is 339 g/mol. The normalized spacial score (nSPS) is 26.5. The quantitative estimate of drug-likeness (QED) is 0.810. The third kappa shape index (κ3) is 3.89. The molecule has 4 rings (SSSR count). The largest absolute Gasteiger partial charge is 0.377 e. The molecule has 0 N–H and O–H groups in total. The maximum atomic E-state index is 6.08. The fourth-order valence-corrected chi connectivity index (χ4v) is 4.07. The van der Waals surface area contributed by atoms with E-state index in [9.17, 15) is 0 Å². The van der Waals surface area contributed by atoms with Gasteiger partial charge in [-0.1, -0.05) is 6.07 Å². The predicted molar refractivity (Wildman–Crippen MR) is 94.8 cm³/mol. The molecule has 0 bridgehead atoms. The Hall–Kier alpha value is -1.82. The Balaban J connectivity index is 1.38. The van der Waals surface area contributed by atoms with Gasteiger partial charge in [-0.3, -0.25) is 14.9 Å². The summed E-state index contributed by atoms with van der Waals surface area (Å²) in [6.07, 6.45) is 8.03. The molecule has 2 aromatic heterocycles. The minimum Gasteiger partial charge on any atom is -0.377 e. The molecule has 2 fully saturated rings. The first-order valence-corrected chi connectivity index (χ1v) is 9.05. The summed E-state index contributed by atoms with van der Waals surface area (Å²) >= 11 is 0. The lowest BCUT2D eigenvalue weighted by atomic mass is 9.77. The second-order valence-electron chi connectivity index (χ2n) is 7.14. The number of ether oxygens (including phenoxy) is 2. The number of fused-ring (bicyclic) bond motifs is 1. The third-order valence-electron chi connectivity index (χ3n) is 5.37. The standard InChI is InChI=1S/C20H25N3O2/c1-2-8-22-18(3-1)14-24-16-20-7-12-25-19(20)6-11-23(15-20)13-17-4-9-21-10-5-17/h1-5,8-10,19H,6-7,11-16H2/t19-,20+/m0/s1. The van der Waals surface area contributed by atoms with Gasteiger partial charge in [0.2, 0.25) is 0 Å². The Labute approximate surface area is 149 Å². The first kappa shape index (κ1) is 16.6. The van der Waals surface area contributed by atoms with Crippen molar-refractivity contribution in [3.8, 4) is 0 Å². The summed E-state index contributed by atoms with van der Waals surface area (Å²) in [5.74, 6) is 0. The van der Waals surface area contributed by atoms with E-state index in [0.717, 1.165) is 51.4 Å². The molecule has 2 aliphatic heterocycles. The van der Waals surface area contributed by atoms with Gasteiger partial charge in [-0.2, -0.15) is 0 Å². The molecule has 0 spiro atoms. The van der Waals surface area contributed by atoms with Crippen molar-refractivity contribution < 1.29 is 9.47 Å². The monoisotopic (exact) mass is 339 g/mol. The van der Waals surface area contributed by atoms with Gasteiger partial charge in [0.15, 0.2) is 0 Å². The number of pyridine rings is 2. The van der Waals surface area contributed by atoms with Crippen LogP contribution in [0.25, 0.3) is 0 Å². The maximum Gasteiger partial charge on any atom is 0.0888 e. The van der Waals surface area contributed by atoms with Gasteiger partial charge in [-0.25, -0.2) is 0 Å². The first-order chi connectivity index (χ1) is 12.3. The Morgan fingerprint density at radius 2 is 2.12 bits per heavy atom. The van der Waals surface area contributed by atoms with Crippen LogP contribution in [0.3, 0.4) is 0 Å². The van der Waals surface area contributed by atoms with Crippen LogP contribution < -0.4 is 0 Å². The molecule has 5 heteroatoms. The van der Waals surface area contributed by atoms with Crippen molar-refractivity contribution in [2.75, 3.05) is 26.3 Å². The molecule has 2 aromatic rings. The van der Waals surface area contributed by atoms with E-state index in [0.29, 0.717) is 12.7 Å². The summed E-state index contributed by atoms with van der Waals surface area (Å²) < 4.78 is 12.1. The zero-order valence-corrected chi connectivity index (χ0v) is 14.5. The van der Waals surface area contributed by atoms with Gasteiger partial charge in [-0.15, -0.1) is 0 Å². The van der Waals surface area contributed by atoms with Crippen molar-refractivity contribution >= 4 is 0 Å². The van der Waals surface area contributed by atoms with E-state index in [1.165, 1.54) is 5.56 Å². The van der Waals surface area contributed by atoms with Crippen LogP contribution in [-0.4, -0.2) is 47.3 Å². The summed E-state index contributed by atoms with van der Waals surface area (Å²) in [7, 11) is 0. The molecule has 0 aliphatic carbocycles. The Bertz CT molecular complexity index is 667. The van der Waals surface area contributed by atoms with Crippen molar-refractivity contribution in [1.29, 1.82) is 0 Å². The Morgan fingerprint density at radius 1 is 1.20 bits per heavy atom. The van der Waals surface area contributed by atoms with Crippen molar-refractivity contribution in [2.24, 2.45) is 5.41 Å². The van der Waals surface area contributed by atoms with Gasteiger partial charge in [-0.05, 0) is 42.7 Å². The van der Waals surface area contributed by atoms with Crippen LogP contribution in [0.2, 0.25) is 0 Å². The van der Waals surface area contributed by atoms with Crippen molar-refractivity contribution in [2.45, 2.75) is 32.1 Å². The highest BCUT2D eigenvalue weighted by Crippen LogP contribution is 2.41. The minimum atomic E-state index is 0.111. The van der Waals surface area contributed by atoms with Gasteiger partial charge in [0, 0.05) is 50.2 Å². The molecule has 0 saturated carbocycles. The van der Waals surface area contributed by atoms with E-state index in [1.807, 2.05) is 36.8 Å². The number of hydrogen-bond donors (Lipinski definition) is 0. The SMILES string of the molecule is c1ccc(COC[C@]23CCO[C@H]2CCN(Cc2ccncc2)C3)nc1. The molecule has 25 heavy (non-hydrogen) atoms. The van der Waals surface area contributed by atoms with Crippen molar-refractivity contribution in [1.82, 2.24) is 14.9 Å². The minimum absolute atomic E-state index is 0.111. The second kappa shape index (κ2) is 7.60. The molecular weight excluding hydrogens is 314 g/mol. The van der Waals surface area contributed by atoms with Crippen molar-refractivity contribution in [3.63, 3.8) is 0 Å². The molecule has 0 aromatic carbocycles. The molecule has 0 amide bonds. The fraction of sp³-hybridized carbons (Fsp3) is 0.500. The van der Waals surface area contributed by atoms with Gasteiger partial charge >= 0.3 is 0 Å². The summed E-state index contributed by atoms with van der Waals surface area (Å²) in [4.78, 5) is 11.0. The van der Waals surface area contributed by atoms with Crippen LogP contribution in [0.1, 0.15) is 24.1 Å². The van der Waals surface area contributed by atoms with Gasteiger partial charge < -0.3 is 9.47 Å². The van der Waals surface area contributed by atoms with Crippen LogP contribution in [0.4, 0.5) is 0 Å². The molecule has 0 radical (unpaired) electrons. The predicted octanol–water partition coefficient (Wildman–Crippen LogP) is 2.67. The first-order valence-electron chi connectivity index (χ1n) is 9.05. The van der Waals surface area contributed by atoms with Gasteiger partial charge in [0.05, 0.1) is 25.0 Å². The number of hydrogen-bond acceptors (Lipinski definition) is 5. The average Bonchev–Trinajstić information content (AvgIpc) is 3.06. The molecule has 2 saturated heterocycles. The van der Waals surface area contributed by atoms with E-state index < -0.39 is 0 Å². The van der Waals surface area contributed by atoms with Crippen LogP contribution in [0.5, 0.6) is 0 Å². The lowest BCUT2D eigenvalue weighted by Gasteiger charge is -2.43. The number of aromatic nitrogens is 2. The molecular formula is C20H25N3O2. The van der Waals surface area contributed by atoms with E-state index in [1.54, 1.807) is 0 Å². The van der Waals surface area contributed by atoms with E-state index in [4.69, 9.17) is 9.47 Å². The zero-order chi connectivity index (χ0) is 17.0. The lowest BCUT2D eigenvalue weighted by Crippen LogP contribution is -2.51. The Kier molecular flexibility index (Phi) is 5.06. The molecule has 0 unspecified atom stereocenters. The zero-order valence-electron chi connectivity index (χ0n) is 14.5. The summed E-state index contributed by atoms with van der Waals surface area (Å²) in [5, 5.41) is 0. The van der Waals surface area contributed by atoms with Crippen LogP contribution in [-0.2, 0) is 22.6 Å². The number of piperidine rings is 1. The highest BCUT2D eigenvalue weighted by Gasteiger charge is 2.47. The number of rotatable bonds is 6. The van der Waals surface area contributed by atoms with E-state index in [2.05, 4.69) is 27.0 Å². The highest BCUT2D eigenvalue weighted by molar-refractivity contribution is 5.10. The van der Waals surface area contributed by atoms with E-state index >= 15 is 0 Å². The van der Waals surface area contributed by atoms with Crippen LogP contribution >= 0.6 is 0 Å². The van der Waals surface area contributed by atoms with Gasteiger partial charge in [0.25, 0.3) is 0 Å². The molecule has 132 valence electrons. The highest BCUT2D eigenvalue weighted by atomic mass is 16.5. The summed E-state index contributed by atoms with van der Waals surface area (Å²) in [5.41, 5.74) is 2.41. The molecule has 2 aliphatic rings. The summed E-state index contributed by atoms with van der Waals surface area (Å²) in [6, 6.07) is 10.1. The smallest absolute Gasteiger partial charge is 0.0888 e.